The van der Waals surface area contributed by atoms with E-state index in [1.165, 1.54) is 24.3 Å². The molecular formula is C16H15NO4. The number of aromatic hydroxyl groups is 1. The molecule has 0 aliphatic rings. The molecule has 0 spiro atoms. The predicted molar refractivity (Wildman–Crippen MR) is 77.0 cm³/mol. The number of phenolic OH excluding ortho intramolecular Hbond substituents is 1. The topological polar surface area (TPSA) is 86.6 Å². The molecule has 5 nitrogen and oxygen atoms in total. The molecule has 0 unspecified atom stereocenters. The summed E-state index contributed by atoms with van der Waals surface area (Å²) in [5.41, 5.74) is 1.09. The number of hydrogen-bond acceptors (Lipinski definition) is 3. The average molecular weight is 285 g/mol. The average Bonchev–Trinajstić information content (AvgIpc) is 2.47. The fourth-order valence-corrected chi connectivity index (χ4v) is 1.97. The molecule has 108 valence electrons. The van der Waals surface area contributed by atoms with Crippen molar-refractivity contribution in [2.45, 2.75) is 12.5 Å². The normalized spacial score (nSPS) is 11.6. The molecule has 2 aromatic rings. The monoisotopic (exact) mass is 285 g/mol. The lowest BCUT2D eigenvalue weighted by atomic mass is 10.0. The number of aliphatic carboxylic acids is 1. The minimum absolute atomic E-state index is 0.0664. The first-order chi connectivity index (χ1) is 10.1. The quantitative estimate of drug-likeness (QED) is 0.787. The maximum atomic E-state index is 12.1. The fourth-order valence-electron chi connectivity index (χ4n) is 1.97. The molecule has 0 heterocycles. The number of rotatable bonds is 5. The summed E-state index contributed by atoms with van der Waals surface area (Å²) in [5, 5.41) is 20.9. The molecular weight excluding hydrogens is 270 g/mol. The van der Waals surface area contributed by atoms with Gasteiger partial charge in [-0.05, 0) is 29.8 Å². The number of carbonyl (C=O) groups is 2. The highest BCUT2D eigenvalue weighted by atomic mass is 16.4. The molecule has 0 fully saturated rings. The highest BCUT2D eigenvalue weighted by Gasteiger charge is 2.18. The number of hydrogen-bond donors (Lipinski definition) is 3. The van der Waals surface area contributed by atoms with Crippen LogP contribution in [0.4, 0.5) is 0 Å². The molecule has 0 aromatic heterocycles. The minimum atomic E-state index is -0.991. The third kappa shape index (κ3) is 4.07. The lowest BCUT2D eigenvalue weighted by Gasteiger charge is -2.17. The number of carbonyl (C=O) groups excluding carboxylic acids is 1. The van der Waals surface area contributed by atoms with E-state index in [9.17, 15) is 14.7 Å². The summed E-state index contributed by atoms with van der Waals surface area (Å²) in [6.45, 7) is 0. The molecule has 1 atom stereocenters. The van der Waals surface area contributed by atoms with E-state index in [1.807, 2.05) is 6.07 Å². The zero-order valence-corrected chi connectivity index (χ0v) is 11.2. The Morgan fingerprint density at radius 3 is 2.19 bits per heavy atom. The van der Waals surface area contributed by atoms with Crippen molar-refractivity contribution >= 4 is 11.9 Å². The Morgan fingerprint density at radius 1 is 1.00 bits per heavy atom. The van der Waals surface area contributed by atoms with E-state index in [0.717, 1.165) is 5.56 Å². The van der Waals surface area contributed by atoms with Crippen LogP contribution in [0.1, 0.15) is 28.4 Å². The highest BCUT2D eigenvalue weighted by Crippen LogP contribution is 2.18. The lowest BCUT2D eigenvalue weighted by molar-refractivity contribution is -0.137. The van der Waals surface area contributed by atoms with Gasteiger partial charge in [0, 0.05) is 5.56 Å². The standard InChI is InChI=1S/C16H15NO4/c18-13-8-6-12(7-9-13)16(21)17-14(10-15(19)20)11-4-2-1-3-5-11/h1-9,14,18H,10H2,(H,17,21)(H,19,20)/t14-/m0/s1. The number of carboxylic acid groups (broad SMARTS) is 1. The van der Waals surface area contributed by atoms with Crippen molar-refractivity contribution in [1.82, 2.24) is 5.32 Å². The first kappa shape index (κ1) is 14.6. The van der Waals surface area contributed by atoms with Crippen molar-refractivity contribution in [3.8, 4) is 5.75 Å². The Hall–Kier alpha value is -2.82. The van der Waals surface area contributed by atoms with Crippen LogP contribution in [0.15, 0.2) is 54.6 Å². The summed E-state index contributed by atoms with van der Waals surface area (Å²) < 4.78 is 0. The van der Waals surface area contributed by atoms with Crippen LogP contribution in [0.5, 0.6) is 5.75 Å². The smallest absolute Gasteiger partial charge is 0.305 e. The van der Waals surface area contributed by atoms with Gasteiger partial charge in [0.25, 0.3) is 5.91 Å². The molecule has 0 aliphatic heterocycles. The summed E-state index contributed by atoms with van der Waals surface area (Å²) >= 11 is 0. The van der Waals surface area contributed by atoms with Gasteiger partial charge in [-0.25, -0.2) is 0 Å². The Labute approximate surface area is 121 Å². The van der Waals surface area contributed by atoms with E-state index in [2.05, 4.69) is 5.32 Å². The molecule has 1 amide bonds. The van der Waals surface area contributed by atoms with Gasteiger partial charge in [0.2, 0.25) is 0 Å². The second-order valence-corrected chi connectivity index (χ2v) is 4.58. The Morgan fingerprint density at radius 2 is 1.62 bits per heavy atom. The van der Waals surface area contributed by atoms with Gasteiger partial charge < -0.3 is 15.5 Å². The predicted octanol–water partition coefficient (Wildman–Crippen LogP) is 2.34. The number of nitrogens with one attached hydrogen (secondary N) is 1. The zero-order valence-electron chi connectivity index (χ0n) is 11.2. The maximum Gasteiger partial charge on any atom is 0.305 e. The summed E-state index contributed by atoms with van der Waals surface area (Å²) in [6.07, 6.45) is -0.201. The summed E-state index contributed by atoms with van der Waals surface area (Å²) in [7, 11) is 0. The van der Waals surface area contributed by atoms with Gasteiger partial charge in [-0.3, -0.25) is 9.59 Å². The summed E-state index contributed by atoms with van der Waals surface area (Å²) in [5.74, 6) is -1.31. The molecule has 2 aromatic carbocycles. The van der Waals surface area contributed by atoms with Crippen LogP contribution in [-0.4, -0.2) is 22.1 Å². The van der Waals surface area contributed by atoms with E-state index in [1.54, 1.807) is 24.3 Å². The largest absolute Gasteiger partial charge is 0.508 e. The number of benzene rings is 2. The third-order valence-electron chi connectivity index (χ3n) is 3.02. The van der Waals surface area contributed by atoms with Gasteiger partial charge in [0.15, 0.2) is 0 Å². The van der Waals surface area contributed by atoms with Crippen LogP contribution < -0.4 is 5.32 Å². The molecule has 0 aliphatic carbocycles. The van der Waals surface area contributed by atoms with Crippen molar-refractivity contribution in [3.05, 3.63) is 65.7 Å². The molecule has 0 bridgehead atoms. The molecule has 21 heavy (non-hydrogen) atoms. The third-order valence-corrected chi connectivity index (χ3v) is 3.02. The first-order valence-electron chi connectivity index (χ1n) is 6.43. The van der Waals surface area contributed by atoms with Crippen molar-refractivity contribution in [2.24, 2.45) is 0 Å². The first-order valence-corrected chi connectivity index (χ1v) is 6.43. The van der Waals surface area contributed by atoms with Crippen molar-refractivity contribution in [3.63, 3.8) is 0 Å². The maximum absolute atomic E-state index is 12.1. The lowest BCUT2D eigenvalue weighted by Crippen LogP contribution is -2.30. The molecule has 5 heteroatoms. The van der Waals surface area contributed by atoms with E-state index in [4.69, 9.17) is 5.11 Å². The Balaban J connectivity index is 2.17. The van der Waals surface area contributed by atoms with Crippen LogP contribution in [-0.2, 0) is 4.79 Å². The zero-order chi connectivity index (χ0) is 15.2. The van der Waals surface area contributed by atoms with Gasteiger partial charge in [-0.1, -0.05) is 30.3 Å². The summed E-state index contributed by atoms with van der Waals surface area (Å²) in [6, 6.07) is 14.1. The highest BCUT2D eigenvalue weighted by molar-refractivity contribution is 5.94. The van der Waals surface area contributed by atoms with Gasteiger partial charge in [0.1, 0.15) is 5.75 Å². The SMILES string of the molecule is O=C(O)C[C@H](NC(=O)c1ccc(O)cc1)c1ccccc1. The van der Waals surface area contributed by atoms with Gasteiger partial charge in [-0.15, -0.1) is 0 Å². The van der Waals surface area contributed by atoms with E-state index in [-0.39, 0.29) is 18.1 Å². The van der Waals surface area contributed by atoms with Crippen LogP contribution in [0.2, 0.25) is 0 Å². The second-order valence-electron chi connectivity index (χ2n) is 4.58. The number of amides is 1. The molecule has 2 rings (SSSR count). The van der Waals surface area contributed by atoms with E-state index >= 15 is 0 Å². The van der Waals surface area contributed by atoms with Crippen LogP contribution in [0.25, 0.3) is 0 Å². The van der Waals surface area contributed by atoms with Crippen molar-refractivity contribution in [1.29, 1.82) is 0 Å². The van der Waals surface area contributed by atoms with Crippen LogP contribution in [0, 0.1) is 0 Å². The van der Waals surface area contributed by atoms with Crippen LogP contribution >= 0.6 is 0 Å². The van der Waals surface area contributed by atoms with Crippen molar-refractivity contribution < 1.29 is 19.8 Å². The number of carboxylic acids is 1. The van der Waals surface area contributed by atoms with Gasteiger partial charge in [-0.2, -0.15) is 0 Å². The van der Waals surface area contributed by atoms with Gasteiger partial charge >= 0.3 is 5.97 Å². The second kappa shape index (κ2) is 6.56. The molecule has 0 radical (unpaired) electrons. The van der Waals surface area contributed by atoms with E-state index in [0.29, 0.717) is 5.56 Å². The number of phenols is 1. The fraction of sp³-hybridized carbons (Fsp3) is 0.125. The van der Waals surface area contributed by atoms with Gasteiger partial charge in [0.05, 0.1) is 12.5 Å². The molecule has 0 saturated heterocycles. The molecule has 3 N–H and O–H groups in total. The minimum Gasteiger partial charge on any atom is -0.508 e. The Bertz CT molecular complexity index is 622. The summed E-state index contributed by atoms with van der Waals surface area (Å²) in [4.78, 5) is 23.1. The van der Waals surface area contributed by atoms with Crippen molar-refractivity contribution in [2.75, 3.05) is 0 Å². The van der Waals surface area contributed by atoms with E-state index < -0.39 is 12.0 Å². The molecule has 0 saturated carbocycles. The van der Waals surface area contributed by atoms with Crippen LogP contribution in [0.3, 0.4) is 0 Å². The Kier molecular flexibility index (Phi) is 4.56.